The molecule has 2 amide bonds. The lowest BCUT2D eigenvalue weighted by atomic mass is 10.2. The third-order valence-electron chi connectivity index (χ3n) is 3.65. The second kappa shape index (κ2) is 7.36. The number of hydrogen-bond donors (Lipinski definition) is 3. The van der Waals surface area contributed by atoms with Crippen molar-refractivity contribution in [2.24, 2.45) is 0 Å². The molecular weight excluding hydrogens is 334 g/mol. The van der Waals surface area contributed by atoms with E-state index < -0.39 is 17.9 Å². The van der Waals surface area contributed by atoms with Gasteiger partial charge in [-0.3, -0.25) is 25.5 Å². The Balaban J connectivity index is 1.57. The van der Waals surface area contributed by atoms with Crippen molar-refractivity contribution in [3.8, 4) is 11.8 Å². The number of hydrogen-bond acceptors (Lipinski definition) is 5. The molecule has 3 N–H and O–H groups in total. The molecule has 3 aromatic rings. The molecule has 0 spiro atoms. The minimum absolute atomic E-state index is 0.182. The molecular formula is C18H15N5O3. The van der Waals surface area contributed by atoms with Crippen LogP contribution in [0.5, 0.6) is 5.75 Å². The third kappa shape index (κ3) is 3.62. The standard InChI is InChI=1S/C18H15N5O3/c1-11(26-13-8-6-12(10-19)7-9-13)17(24)22-23-18(25)16-14-4-2-3-5-15(14)20-21-16/h2-9,11H,1H3,(H,20,21)(H,22,24)(H,23,25)/t11-/m0/s1. The van der Waals surface area contributed by atoms with Gasteiger partial charge in [-0.15, -0.1) is 0 Å². The van der Waals surface area contributed by atoms with Gasteiger partial charge in [-0.25, -0.2) is 0 Å². The molecule has 8 nitrogen and oxygen atoms in total. The first-order valence-corrected chi connectivity index (χ1v) is 7.78. The third-order valence-corrected chi connectivity index (χ3v) is 3.65. The molecule has 3 rings (SSSR count). The summed E-state index contributed by atoms with van der Waals surface area (Å²) in [5.74, 6) is -0.625. The number of rotatable bonds is 4. The lowest BCUT2D eigenvalue weighted by molar-refractivity contribution is -0.128. The predicted octanol–water partition coefficient (Wildman–Crippen LogP) is 1.66. The van der Waals surface area contributed by atoms with Crippen molar-refractivity contribution in [1.29, 1.82) is 5.26 Å². The Hall–Kier alpha value is -3.86. The molecule has 0 radical (unpaired) electrons. The highest BCUT2D eigenvalue weighted by Crippen LogP contribution is 2.15. The van der Waals surface area contributed by atoms with E-state index >= 15 is 0 Å². The minimum atomic E-state index is -0.848. The van der Waals surface area contributed by atoms with E-state index in [1.54, 1.807) is 49.4 Å². The molecule has 1 heterocycles. The van der Waals surface area contributed by atoms with Crippen LogP contribution in [0.4, 0.5) is 0 Å². The van der Waals surface area contributed by atoms with Crippen molar-refractivity contribution in [3.05, 3.63) is 59.8 Å². The largest absolute Gasteiger partial charge is 0.481 e. The molecule has 0 saturated heterocycles. The molecule has 1 atom stereocenters. The maximum atomic E-state index is 12.2. The summed E-state index contributed by atoms with van der Waals surface area (Å²) in [5.41, 5.74) is 6.03. The minimum Gasteiger partial charge on any atom is -0.481 e. The summed E-state index contributed by atoms with van der Waals surface area (Å²) in [5, 5.41) is 16.1. The Morgan fingerprint density at radius 3 is 2.62 bits per heavy atom. The fourth-order valence-corrected chi connectivity index (χ4v) is 2.28. The monoisotopic (exact) mass is 349 g/mol. The summed E-state index contributed by atoms with van der Waals surface area (Å²) in [6, 6.07) is 15.5. The summed E-state index contributed by atoms with van der Waals surface area (Å²) in [7, 11) is 0. The molecule has 8 heteroatoms. The van der Waals surface area contributed by atoms with Gasteiger partial charge in [0.15, 0.2) is 11.8 Å². The summed E-state index contributed by atoms with van der Waals surface area (Å²) >= 11 is 0. The first-order chi connectivity index (χ1) is 12.6. The van der Waals surface area contributed by atoms with Gasteiger partial charge < -0.3 is 4.74 Å². The van der Waals surface area contributed by atoms with E-state index in [0.29, 0.717) is 16.7 Å². The summed E-state index contributed by atoms with van der Waals surface area (Å²) in [6.45, 7) is 1.55. The SMILES string of the molecule is C[C@H](Oc1ccc(C#N)cc1)C(=O)NNC(=O)c1n[nH]c2ccccc12. The number of fused-ring (bicyclic) bond motifs is 1. The van der Waals surface area contributed by atoms with Crippen molar-refractivity contribution >= 4 is 22.7 Å². The zero-order valence-electron chi connectivity index (χ0n) is 13.8. The zero-order valence-corrected chi connectivity index (χ0v) is 13.8. The first kappa shape index (κ1) is 17.0. The molecule has 1 aromatic heterocycles. The van der Waals surface area contributed by atoms with Crippen LogP contribution >= 0.6 is 0 Å². The molecule has 0 saturated carbocycles. The second-order valence-corrected chi connectivity index (χ2v) is 5.46. The van der Waals surface area contributed by atoms with Crippen molar-refractivity contribution in [3.63, 3.8) is 0 Å². The Bertz CT molecular complexity index is 988. The van der Waals surface area contributed by atoms with Crippen LogP contribution < -0.4 is 15.6 Å². The maximum Gasteiger partial charge on any atom is 0.290 e. The van der Waals surface area contributed by atoms with Gasteiger partial charge >= 0.3 is 0 Å². The number of para-hydroxylation sites is 1. The number of benzene rings is 2. The number of aromatic amines is 1. The van der Waals surface area contributed by atoms with Crippen LogP contribution in [-0.2, 0) is 4.79 Å². The van der Waals surface area contributed by atoms with E-state index in [-0.39, 0.29) is 5.69 Å². The lowest BCUT2D eigenvalue weighted by Gasteiger charge is -2.14. The fraction of sp³-hybridized carbons (Fsp3) is 0.111. The van der Waals surface area contributed by atoms with Gasteiger partial charge in [0.1, 0.15) is 5.75 Å². The van der Waals surface area contributed by atoms with Crippen molar-refractivity contribution in [2.75, 3.05) is 0 Å². The molecule has 0 fully saturated rings. The molecule has 0 bridgehead atoms. The Morgan fingerprint density at radius 1 is 1.15 bits per heavy atom. The van der Waals surface area contributed by atoms with E-state index in [1.807, 2.05) is 12.1 Å². The summed E-state index contributed by atoms with van der Waals surface area (Å²) in [4.78, 5) is 24.3. The normalized spacial score (nSPS) is 11.4. The van der Waals surface area contributed by atoms with Crippen LogP contribution in [0, 0.1) is 11.3 Å². The number of carbonyl (C=O) groups is 2. The quantitative estimate of drug-likeness (QED) is 0.619. The molecule has 0 aliphatic carbocycles. The van der Waals surface area contributed by atoms with E-state index in [1.165, 1.54) is 0 Å². The average Bonchev–Trinajstić information content (AvgIpc) is 3.10. The number of H-pyrrole nitrogens is 1. The van der Waals surface area contributed by atoms with Gasteiger partial charge in [-0.05, 0) is 37.3 Å². The van der Waals surface area contributed by atoms with Crippen LogP contribution in [0.25, 0.3) is 10.9 Å². The lowest BCUT2D eigenvalue weighted by Crippen LogP contribution is -2.47. The van der Waals surface area contributed by atoms with Gasteiger partial charge in [-0.1, -0.05) is 18.2 Å². The van der Waals surface area contributed by atoms with Crippen LogP contribution in [0.15, 0.2) is 48.5 Å². The molecule has 2 aromatic carbocycles. The van der Waals surface area contributed by atoms with Crippen LogP contribution in [0.3, 0.4) is 0 Å². The van der Waals surface area contributed by atoms with Crippen molar-refractivity contribution in [1.82, 2.24) is 21.0 Å². The van der Waals surface area contributed by atoms with Gasteiger partial charge in [0.2, 0.25) is 0 Å². The van der Waals surface area contributed by atoms with E-state index in [4.69, 9.17) is 10.00 Å². The fourth-order valence-electron chi connectivity index (χ4n) is 2.28. The number of nitrogens with zero attached hydrogens (tertiary/aromatic N) is 2. The topological polar surface area (TPSA) is 120 Å². The molecule has 0 aliphatic heterocycles. The number of carbonyl (C=O) groups excluding carboxylic acids is 2. The number of aromatic nitrogens is 2. The Morgan fingerprint density at radius 2 is 1.88 bits per heavy atom. The highest BCUT2D eigenvalue weighted by molar-refractivity contribution is 6.05. The van der Waals surface area contributed by atoms with Crippen LogP contribution in [-0.4, -0.2) is 28.1 Å². The van der Waals surface area contributed by atoms with Gasteiger partial charge in [0.05, 0.1) is 17.1 Å². The van der Waals surface area contributed by atoms with Crippen LogP contribution in [0.1, 0.15) is 23.0 Å². The maximum absolute atomic E-state index is 12.2. The highest BCUT2D eigenvalue weighted by atomic mass is 16.5. The van der Waals surface area contributed by atoms with Gasteiger partial charge in [0.25, 0.3) is 11.8 Å². The molecule has 130 valence electrons. The Kier molecular flexibility index (Phi) is 4.80. The van der Waals surface area contributed by atoms with E-state index in [2.05, 4.69) is 21.0 Å². The number of nitriles is 1. The predicted molar refractivity (Wildman–Crippen MR) is 92.9 cm³/mol. The summed E-state index contributed by atoms with van der Waals surface area (Å²) < 4.78 is 5.47. The molecule has 0 unspecified atom stereocenters. The smallest absolute Gasteiger partial charge is 0.290 e. The number of amides is 2. The first-order valence-electron chi connectivity index (χ1n) is 7.78. The van der Waals surface area contributed by atoms with Gasteiger partial charge in [0, 0.05) is 5.39 Å². The number of ether oxygens (including phenoxy) is 1. The zero-order chi connectivity index (χ0) is 18.5. The number of hydrazine groups is 1. The van der Waals surface area contributed by atoms with Crippen molar-refractivity contribution in [2.45, 2.75) is 13.0 Å². The highest BCUT2D eigenvalue weighted by Gasteiger charge is 2.18. The van der Waals surface area contributed by atoms with Crippen molar-refractivity contribution < 1.29 is 14.3 Å². The van der Waals surface area contributed by atoms with Crippen LogP contribution in [0.2, 0.25) is 0 Å². The van der Waals surface area contributed by atoms with E-state index in [0.717, 1.165) is 5.52 Å². The Labute approximate surface area is 148 Å². The second-order valence-electron chi connectivity index (χ2n) is 5.46. The summed E-state index contributed by atoms with van der Waals surface area (Å²) in [6.07, 6.45) is -0.848. The number of nitrogens with one attached hydrogen (secondary N) is 3. The van der Waals surface area contributed by atoms with E-state index in [9.17, 15) is 9.59 Å². The average molecular weight is 349 g/mol. The molecule has 0 aliphatic rings. The van der Waals surface area contributed by atoms with Gasteiger partial charge in [-0.2, -0.15) is 10.4 Å². The molecule has 26 heavy (non-hydrogen) atoms.